The number of hydrogen-bond acceptors (Lipinski definition) is 3. The zero-order chi connectivity index (χ0) is 10.7. The average molecular weight is 195 g/mol. The van der Waals surface area contributed by atoms with Crippen molar-refractivity contribution in [2.75, 3.05) is 5.73 Å². The van der Waals surface area contributed by atoms with Crippen LogP contribution in [-0.2, 0) is 6.42 Å². The van der Waals surface area contributed by atoms with E-state index in [1.807, 2.05) is 13.8 Å². The lowest BCUT2D eigenvalue weighted by molar-refractivity contribution is 0.170. The summed E-state index contributed by atoms with van der Waals surface area (Å²) in [5.74, 6) is 0.0107. The van der Waals surface area contributed by atoms with E-state index in [9.17, 15) is 10.2 Å². The van der Waals surface area contributed by atoms with Crippen LogP contribution in [0.4, 0.5) is 5.69 Å². The Hall–Kier alpha value is -1.22. The van der Waals surface area contributed by atoms with Crippen LogP contribution in [0, 0.1) is 0 Å². The molecule has 0 spiro atoms. The molecule has 1 rings (SSSR count). The highest BCUT2D eigenvalue weighted by Gasteiger charge is 2.13. The molecule has 0 aromatic heterocycles. The van der Waals surface area contributed by atoms with Crippen LogP contribution in [0.15, 0.2) is 12.1 Å². The Morgan fingerprint density at radius 2 is 2.00 bits per heavy atom. The summed E-state index contributed by atoms with van der Waals surface area (Å²) in [5, 5.41) is 19.3. The summed E-state index contributed by atoms with van der Waals surface area (Å²) in [6.45, 7) is 3.87. The van der Waals surface area contributed by atoms with Gasteiger partial charge in [0.15, 0.2) is 0 Å². The van der Waals surface area contributed by atoms with E-state index in [2.05, 4.69) is 0 Å². The molecule has 1 aromatic carbocycles. The van der Waals surface area contributed by atoms with Gasteiger partial charge in [-0.25, -0.2) is 0 Å². The number of aromatic hydroxyl groups is 1. The number of nitrogens with two attached hydrogens (primary N) is 1. The van der Waals surface area contributed by atoms with Crippen molar-refractivity contribution >= 4 is 5.69 Å². The maximum atomic E-state index is 9.64. The summed E-state index contributed by atoms with van der Waals surface area (Å²) in [7, 11) is 0. The van der Waals surface area contributed by atoms with Crippen LogP contribution in [0.3, 0.4) is 0 Å². The largest absolute Gasteiger partial charge is 0.505 e. The number of anilines is 1. The first-order chi connectivity index (χ1) is 6.60. The van der Waals surface area contributed by atoms with E-state index in [-0.39, 0.29) is 5.75 Å². The summed E-state index contributed by atoms with van der Waals surface area (Å²) >= 11 is 0. The predicted molar refractivity (Wildman–Crippen MR) is 57.1 cm³/mol. The second kappa shape index (κ2) is 4.33. The highest BCUT2D eigenvalue weighted by molar-refractivity contribution is 5.58. The Morgan fingerprint density at radius 3 is 2.50 bits per heavy atom. The maximum Gasteiger partial charge on any atom is 0.144 e. The lowest BCUT2D eigenvalue weighted by Crippen LogP contribution is -2.00. The topological polar surface area (TPSA) is 66.5 Å². The first-order valence-corrected chi connectivity index (χ1v) is 4.89. The van der Waals surface area contributed by atoms with Gasteiger partial charge in [-0.05, 0) is 30.5 Å². The number of aryl methyl sites for hydroxylation is 1. The summed E-state index contributed by atoms with van der Waals surface area (Å²) in [5.41, 5.74) is 7.53. The minimum Gasteiger partial charge on any atom is -0.505 e. The fourth-order valence-corrected chi connectivity index (χ4v) is 1.42. The van der Waals surface area contributed by atoms with E-state index in [0.29, 0.717) is 17.7 Å². The summed E-state index contributed by atoms with van der Waals surface area (Å²) in [4.78, 5) is 0. The maximum absolute atomic E-state index is 9.64. The zero-order valence-electron chi connectivity index (χ0n) is 8.62. The molecule has 1 unspecified atom stereocenters. The van der Waals surface area contributed by atoms with E-state index in [0.717, 1.165) is 12.0 Å². The molecule has 0 saturated heterocycles. The molecule has 0 saturated carbocycles. The SMILES string of the molecule is CCc1cc(N)c(O)c(C(O)CC)c1. The first kappa shape index (κ1) is 10.9. The van der Waals surface area contributed by atoms with Crippen LogP contribution < -0.4 is 5.73 Å². The van der Waals surface area contributed by atoms with Crippen molar-refractivity contribution in [2.45, 2.75) is 32.8 Å². The fraction of sp³-hybridized carbons (Fsp3) is 0.455. The molecule has 3 nitrogen and oxygen atoms in total. The smallest absolute Gasteiger partial charge is 0.144 e. The van der Waals surface area contributed by atoms with E-state index in [4.69, 9.17) is 5.73 Å². The third kappa shape index (κ3) is 1.99. The van der Waals surface area contributed by atoms with Gasteiger partial charge in [-0.15, -0.1) is 0 Å². The fourth-order valence-electron chi connectivity index (χ4n) is 1.42. The van der Waals surface area contributed by atoms with Gasteiger partial charge in [-0.3, -0.25) is 0 Å². The van der Waals surface area contributed by atoms with Gasteiger partial charge >= 0.3 is 0 Å². The second-order valence-corrected chi connectivity index (χ2v) is 3.40. The number of benzene rings is 1. The van der Waals surface area contributed by atoms with Crippen LogP contribution >= 0.6 is 0 Å². The number of rotatable bonds is 3. The van der Waals surface area contributed by atoms with Gasteiger partial charge in [0.2, 0.25) is 0 Å². The lowest BCUT2D eigenvalue weighted by Gasteiger charge is -2.13. The van der Waals surface area contributed by atoms with Gasteiger partial charge in [-0.1, -0.05) is 13.8 Å². The van der Waals surface area contributed by atoms with Crippen LogP contribution in [-0.4, -0.2) is 10.2 Å². The lowest BCUT2D eigenvalue weighted by atomic mass is 10.0. The summed E-state index contributed by atoms with van der Waals surface area (Å²) in [6, 6.07) is 3.54. The van der Waals surface area contributed by atoms with E-state index in [1.54, 1.807) is 12.1 Å². The number of aliphatic hydroxyl groups excluding tert-OH is 1. The molecule has 78 valence electrons. The van der Waals surface area contributed by atoms with Crippen molar-refractivity contribution in [1.82, 2.24) is 0 Å². The van der Waals surface area contributed by atoms with Gasteiger partial charge in [0.1, 0.15) is 5.75 Å². The first-order valence-electron chi connectivity index (χ1n) is 4.89. The number of phenols is 1. The Balaban J connectivity index is 3.20. The van der Waals surface area contributed by atoms with Gasteiger partial charge in [0, 0.05) is 5.56 Å². The van der Waals surface area contributed by atoms with Gasteiger partial charge in [0.25, 0.3) is 0 Å². The molecule has 0 amide bonds. The molecule has 0 heterocycles. The van der Waals surface area contributed by atoms with Crippen molar-refractivity contribution in [2.24, 2.45) is 0 Å². The molecule has 0 fully saturated rings. The summed E-state index contributed by atoms with van der Waals surface area (Å²) in [6.07, 6.45) is 0.775. The minimum absolute atomic E-state index is 0.0107. The minimum atomic E-state index is -0.635. The average Bonchev–Trinajstić information content (AvgIpc) is 2.20. The highest BCUT2D eigenvalue weighted by atomic mass is 16.3. The van der Waals surface area contributed by atoms with Crippen molar-refractivity contribution in [3.8, 4) is 5.75 Å². The van der Waals surface area contributed by atoms with Gasteiger partial charge in [-0.2, -0.15) is 0 Å². The molecule has 0 aliphatic carbocycles. The third-order valence-electron chi connectivity index (χ3n) is 2.38. The molecule has 0 aliphatic rings. The van der Waals surface area contributed by atoms with E-state index < -0.39 is 6.10 Å². The Labute approximate surface area is 84.2 Å². The molecule has 4 N–H and O–H groups in total. The molecule has 0 radical (unpaired) electrons. The number of nitrogen functional groups attached to an aromatic ring is 1. The van der Waals surface area contributed by atoms with Crippen molar-refractivity contribution in [3.05, 3.63) is 23.3 Å². The Morgan fingerprint density at radius 1 is 1.36 bits per heavy atom. The van der Waals surface area contributed by atoms with Crippen molar-refractivity contribution in [1.29, 1.82) is 0 Å². The number of aliphatic hydroxyl groups is 1. The number of phenolic OH excluding ortho intramolecular Hbond substituents is 1. The van der Waals surface area contributed by atoms with Gasteiger partial charge < -0.3 is 15.9 Å². The Kier molecular flexibility index (Phi) is 3.36. The van der Waals surface area contributed by atoms with E-state index in [1.165, 1.54) is 0 Å². The normalized spacial score (nSPS) is 12.8. The molecular formula is C11H17NO2. The monoisotopic (exact) mass is 195 g/mol. The summed E-state index contributed by atoms with van der Waals surface area (Å²) < 4.78 is 0. The van der Waals surface area contributed by atoms with Crippen LogP contribution in [0.1, 0.15) is 37.5 Å². The molecule has 0 bridgehead atoms. The molecule has 1 atom stereocenters. The molecule has 0 aliphatic heterocycles. The zero-order valence-corrected chi connectivity index (χ0v) is 8.62. The molecule has 1 aromatic rings. The van der Waals surface area contributed by atoms with E-state index >= 15 is 0 Å². The quantitative estimate of drug-likeness (QED) is 0.510. The molecule has 14 heavy (non-hydrogen) atoms. The second-order valence-electron chi connectivity index (χ2n) is 3.40. The number of hydrogen-bond donors (Lipinski definition) is 3. The predicted octanol–water partition coefficient (Wildman–Crippen LogP) is 1.98. The molecular weight excluding hydrogens is 178 g/mol. The highest BCUT2D eigenvalue weighted by Crippen LogP contribution is 2.32. The Bertz CT molecular complexity index is 323. The standard InChI is InChI=1S/C11H17NO2/c1-3-7-5-8(10(13)4-2)11(14)9(12)6-7/h5-6,10,13-14H,3-4,12H2,1-2H3. The van der Waals surface area contributed by atoms with Crippen LogP contribution in [0.25, 0.3) is 0 Å². The van der Waals surface area contributed by atoms with Crippen LogP contribution in [0.5, 0.6) is 5.75 Å². The third-order valence-corrected chi connectivity index (χ3v) is 2.38. The van der Waals surface area contributed by atoms with Gasteiger partial charge in [0.05, 0.1) is 11.8 Å². The van der Waals surface area contributed by atoms with Crippen LogP contribution in [0.2, 0.25) is 0 Å². The van der Waals surface area contributed by atoms with Crippen molar-refractivity contribution < 1.29 is 10.2 Å². The molecule has 3 heteroatoms. The van der Waals surface area contributed by atoms with Crippen molar-refractivity contribution in [3.63, 3.8) is 0 Å².